The molecule has 3 atom stereocenters. The fraction of sp³-hybridized carbons (Fsp3) is 0.938. The lowest BCUT2D eigenvalue weighted by atomic mass is 9.91. The molecular weight excluding hydrogens is 236 g/mol. The molecule has 1 saturated heterocycles. The molecule has 1 aliphatic heterocycles. The van der Waals surface area contributed by atoms with E-state index in [9.17, 15) is 4.79 Å². The van der Waals surface area contributed by atoms with Gasteiger partial charge in [-0.1, -0.05) is 19.8 Å². The number of nitrogens with zero attached hydrogens (tertiary/aromatic N) is 1. The second-order valence-electron chi connectivity index (χ2n) is 6.38. The number of likely N-dealkylation sites (tertiary alicyclic amines) is 1. The third kappa shape index (κ3) is 3.71. The lowest BCUT2D eigenvalue weighted by Crippen LogP contribution is -2.46. The normalized spacial score (nSPS) is 28.2. The number of carbonyl (C=O) groups is 1. The maximum atomic E-state index is 12.5. The molecule has 1 amide bonds. The summed E-state index contributed by atoms with van der Waals surface area (Å²) < 4.78 is 0. The number of rotatable bonds is 6. The highest BCUT2D eigenvalue weighted by Gasteiger charge is 2.36. The predicted octanol–water partition coefficient (Wildman–Crippen LogP) is 2.93. The van der Waals surface area contributed by atoms with Crippen LogP contribution in [0.4, 0.5) is 0 Å². The molecular formula is C16H30N2O. The van der Waals surface area contributed by atoms with Crippen LogP contribution in [0.5, 0.6) is 0 Å². The van der Waals surface area contributed by atoms with Crippen molar-refractivity contribution in [2.24, 2.45) is 17.6 Å². The third-order valence-corrected chi connectivity index (χ3v) is 5.23. The second-order valence-corrected chi connectivity index (χ2v) is 6.38. The summed E-state index contributed by atoms with van der Waals surface area (Å²) in [5, 5.41) is 0. The van der Waals surface area contributed by atoms with Crippen LogP contribution in [-0.4, -0.2) is 29.9 Å². The average molecular weight is 266 g/mol. The first-order chi connectivity index (χ1) is 9.26. The van der Waals surface area contributed by atoms with Crippen LogP contribution in [-0.2, 0) is 4.79 Å². The molecule has 0 aromatic heterocycles. The van der Waals surface area contributed by atoms with Crippen molar-refractivity contribution in [2.45, 2.75) is 70.8 Å². The number of hydrogen-bond donors (Lipinski definition) is 1. The number of nitrogens with two attached hydrogens (primary N) is 1. The van der Waals surface area contributed by atoms with E-state index in [0.29, 0.717) is 17.9 Å². The smallest absolute Gasteiger partial charge is 0.222 e. The number of amides is 1. The maximum Gasteiger partial charge on any atom is 0.222 e. The van der Waals surface area contributed by atoms with Gasteiger partial charge in [-0.2, -0.15) is 0 Å². The molecule has 2 aliphatic rings. The molecule has 2 rings (SSSR count). The maximum absolute atomic E-state index is 12.5. The zero-order valence-corrected chi connectivity index (χ0v) is 12.4. The Morgan fingerprint density at radius 2 is 2.05 bits per heavy atom. The highest BCUT2D eigenvalue weighted by molar-refractivity contribution is 5.76. The Hall–Kier alpha value is -0.570. The van der Waals surface area contributed by atoms with E-state index in [-0.39, 0.29) is 0 Å². The third-order valence-electron chi connectivity index (χ3n) is 5.23. The lowest BCUT2D eigenvalue weighted by molar-refractivity contribution is -0.136. The highest BCUT2D eigenvalue weighted by Crippen LogP contribution is 2.37. The number of fused-ring (bicyclic) bond motifs is 1. The highest BCUT2D eigenvalue weighted by atomic mass is 16.2. The number of carbonyl (C=O) groups excluding carboxylic acids is 1. The minimum atomic E-state index is 0.409. The fourth-order valence-corrected chi connectivity index (χ4v) is 4.02. The zero-order chi connectivity index (χ0) is 13.7. The molecule has 110 valence electrons. The van der Waals surface area contributed by atoms with Gasteiger partial charge in [0.2, 0.25) is 5.91 Å². The van der Waals surface area contributed by atoms with Gasteiger partial charge in [0.25, 0.3) is 0 Å². The summed E-state index contributed by atoms with van der Waals surface area (Å²) in [4.78, 5) is 14.7. The SMILES string of the molecule is CCC(CCN)CCC(=O)N1CCCC2CCCC21. The molecule has 0 aromatic carbocycles. The summed E-state index contributed by atoms with van der Waals surface area (Å²) in [5.74, 6) is 1.86. The van der Waals surface area contributed by atoms with Crippen molar-refractivity contribution in [3.8, 4) is 0 Å². The van der Waals surface area contributed by atoms with Crippen molar-refractivity contribution in [2.75, 3.05) is 13.1 Å². The van der Waals surface area contributed by atoms with Crippen molar-refractivity contribution in [1.29, 1.82) is 0 Å². The Morgan fingerprint density at radius 1 is 1.26 bits per heavy atom. The molecule has 1 saturated carbocycles. The molecule has 0 radical (unpaired) electrons. The molecule has 2 N–H and O–H groups in total. The summed E-state index contributed by atoms with van der Waals surface area (Å²) in [6, 6.07) is 0.579. The van der Waals surface area contributed by atoms with E-state index in [2.05, 4.69) is 11.8 Å². The Labute approximate surface area is 117 Å². The standard InChI is InChI=1S/C16H30N2O/c1-2-13(10-11-17)8-9-16(19)18-12-4-6-14-5-3-7-15(14)18/h13-15H,2-12,17H2,1H3. The molecule has 0 aromatic rings. The van der Waals surface area contributed by atoms with E-state index >= 15 is 0 Å². The summed E-state index contributed by atoms with van der Waals surface area (Å²) in [6.07, 6.45) is 10.5. The van der Waals surface area contributed by atoms with Gasteiger partial charge in [0.15, 0.2) is 0 Å². The van der Waals surface area contributed by atoms with E-state index in [1.807, 2.05) is 0 Å². The number of hydrogen-bond acceptors (Lipinski definition) is 2. The van der Waals surface area contributed by atoms with Crippen LogP contribution in [0.1, 0.15) is 64.7 Å². The van der Waals surface area contributed by atoms with E-state index in [1.165, 1.54) is 32.1 Å². The molecule has 0 bridgehead atoms. The monoisotopic (exact) mass is 266 g/mol. The van der Waals surface area contributed by atoms with Gasteiger partial charge in [0, 0.05) is 19.0 Å². The Kier molecular flexibility index (Phi) is 5.68. The van der Waals surface area contributed by atoms with Gasteiger partial charge in [0.1, 0.15) is 0 Å². The Bertz CT molecular complexity index is 292. The lowest BCUT2D eigenvalue weighted by Gasteiger charge is -2.38. The first-order valence-corrected chi connectivity index (χ1v) is 8.25. The quantitative estimate of drug-likeness (QED) is 0.803. The minimum Gasteiger partial charge on any atom is -0.339 e. The molecule has 3 heteroatoms. The predicted molar refractivity (Wildman–Crippen MR) is 78.8 cm³/mol. The molecule has 2 fully saturated rings. The van der Waals surface area contributed by atoms with Crippen LogP contribution < -0.4 is 5.73 Å². The van der Waals surface area contributed by atoms with Crippen molar-refractivity contribution in [3.05, 3.63) is 0 Å². The van der Waals surface area contributed by atoms with Crippen molar-refractivity contribution in [3.63, 3.8) is 0 Å². The van der Waals surface area contributed by atoms with E-state index in [1.54, 1.807) is 0 Å². The molecule has 0 spiro atoms. The number of piperidine rings is 1. The van der Waals surface area contributed by atoms with Crippen molar-refractivity contribution in [1.82, 2.24) is 4.90 Å². The summed E-state index contributed by atoms with van der Waals surface area (Å²) in [6.45, 7) is 3.97. The molecule has 3 nitrogen and oxygen atoms in total. The Morgan fingerprint density at radius 3 is 2.79 bits per heavy atom. The van der Waals surface area contributed by atoms with E-state index < -0.39 is 0 Å². The minimum absolute atomic E-state index is 0.409. The van der Waals surface area contributed by atoms with Crippen LogP contribution in [0.3, 0.4) is 0 Å². The van der Waals surface area contributed by atoms with Crippen molar-refractivity contribution < 1.29 is 4.79 Å². The average Bonchev–Trinajstić information content (AvgIpc) is 2.91. The van der Waals surface area contributed by atoms with Crippen LogP contribution in [0.2, 0.25) is 0 Å². The second kappa shape index (κ2) is 7.28. The van der Waals surface area contributed by atoms with Crippen LogP contribution >= 0.6 is 0 Å². The fourth-order valence-electron chi connectivity index (χ4n) is 4.02. The van der Waals surface area contributed by atoms with Gasteiger partial charge in [-0.25, -0.2) is 0 Å². The summed E-state index contributed by atoms with van der Waals surface area (Å²) in [5.41, 5.74) is 5.63. The van der Waals surface area contributed by atoms with Crippen LogP contribution in [0.15, 0.2) is 0 Å². The van der Waals surface area contributed by atoms with Gasteiger partial charge in [-0.3, -0.25) is 4.79 Å². The first-order valence-electron chi connectivity index (χ1n) is 8.25. The van der Waals surface area contributed by atoms with Gasteiger partial charge >= 0.3 is 0 Å². The summed E-state index contributed by atoms with van der Waals surface area (Å²) in [7, 11) is 0. The van der Waals surface area contributed by atoms with Crippen molar-refractivity contribution >= 4 is 5.91 Å². The van der Waals surface area contributed by atoms with Gasteiger partial charge in [0.05, 0.1) is 0 Å². The van der Waals surface area contributed by atoms with Gasteiger partial charge in [-0.05, 0) is 56.9 Å². The molecule has 19 heavy (non-hydrogen) atoms. The van der Waals surface area contributed by atoms with Gasteiger partial charge < -0.3 is 10.6 Å². The van der Waals surface area contributed by atoms with Gasteiger partial charge in [-0.15, -0.1) is 0 Å². The molecule has 1 aliphatic carbocycles. The van der Waals surface area contributed by atoms with Crippen LogP contribution in [0.25, 0.3) is 0 Å². The first kappa shape index (κ1) is 14.8. The summed E-state index contributed by atoms with van der Waals surface area (Å²) >= 11 is 0. The molecule has 3 unspecified atom stereocenters. The topological polar surface area (TPSA) is 46.3 Å². The van der Waals surface area contributed by atoms with E-state index in [0.717, 1.165) is 44.7 Å². The van der Waals surface area contributed by atoms with E-state index in [4.69, 9.17) is 5.73 Å². The van der Waals surface area contributed by atoms with Crippen LogP contribution in [0, 0.1) is 11.8 Å². The molecule has 1 heterocycles. The Balaban J connectivity index is 1.81. The zero-order valence-electron chi connectivity index (χ0n) is 12.4. The largest absolute Gasteiger partial charge is 0.339 e.